The van der Waals surface area contributed by atoms with E-state index in [0.29, 0.717) is 12.4 Å². The predicted molar refractivity (Wildman–Crippen MR) is 58.5 cm³/mol. The lowest BCUT2D eigenvalue weighted by Gasteiger charge is -2.28. The minimum absolute atomic E-state index is 0.0660. The monoisotopic (exact) mass is 224 g/mol. The summed E-state index contributed by atoms with van der Waals surface area (Å²) in [4.78, 5) is 19.7. The third kappa shape index (κ3) is 2.69. The fourth-order valence-electron chi connectivity index (χ4n) is 1.47. The van der Waals surface area contributed by atoms with Crippen molar-refractivity contribution in [3.8, 4) is 0 Å². The fraction of sp³-hybridized carbons (Fsp3) is 0.545. The Balaban J connectivity index is 1.89. The van der Waals surface area contributed by atoms with E-state index >= 15 is 0 Å². The molecule has 0 aromatic carbocycles. The van der Waals surface area contributed by atoms with Crippen molar-refractivity contribution in [1.29, 1.82) is 0 Å². The van der Waals surface area contributed by atoms with Crippen molar-refractivity contribution in [2.75, 3.05) is 12.1 Å². The van der Waals surface area contributed by atoms with Gasteiger partial charge in [0.25, 0.3) is 0 Å². The van der Waals surface area contributed by atoms with Gasteiger partial charge < -0.3 is 0 Å². The lowest BCUT2D eigenvalue weighted by molar-refractivity contribution is -0.301. The molecule has 0 spiro atoms. The molecule has 1 aromatic heterocycles. The maximum absolute atomic E-state index is 5.58. The molecule has 5 heteroatoms. The maximum Gasteiger partial charge on any atom is 0.149 e. The number of rotatable bonds is 4. The minimum Gasteiger partial charge on any atom is -0.266 e. The van der Waals surface area contributed by atoms with Crippen LogP contribution < -0.4 is 5.48 Å². The molecule has 88 valence electrons. The van der Waals surface area contributed by atoms with Gasteiger partial charge in [-0.15, -0.1) is 0 Å². The van der Waals surface area contributed by atoms with Crippen molar-refractivity contribution in [3.63, 3.8) is 0 Å². The highest BCUT2D eigenvalue weighted by atomic mass is 17.2. The van der Waals surface area contributed by atoms with Crippen molar-refractivity contribution in [2.24, 2.45) is 0 Å². The normalized spacial score (nSPS) is 21.0. The van der Waals surface area contributed by atoms with E-state index in [0.717, 1.165) is 6.42 Å². The summed E-state index contributed by atoms with van der Waals surface area (Å²) in [6, 6.07) is 5.58. The van der Waals surface area contributed by atoms with Gasteiger partial charge in [-0.1, -0.05) is 6.07 Å². The highest BCUT2D eigenvalue weighted by Crippen LogP contribution is 2.25. The van der Waals surface area contributed by atoms with Gasteiger partial charge in [0.05, 0.1) is 6.61 Å². The summed E-state index contributed by atoms with van der Waals surface area (Å²) in [6.07, 6.45) is 2.47. The summed E-state index contributed by atoms with van der Waals surface area (Å²) < 4.78 is 0. The summed E-state index contributed by atoms with van der Waals surface area (Å²) in [5, 5.41) is 0. The highest BCUT2D eigenvalue weighted by Gasteiger charge is 2.36. The third-order valence-electron chi connectivity index (χ3n) is 2.51. The van der Waals surface area contributed by atoms with Gasteiger partial charge in [0.2, 0.25) is 0 Å². The molecule has 0 aliphatic carbocycles. The molecule has 1 aliphatic heterocycles. The molecule has 2 rings (SSSR count). The summed E-state index contributed by atoms with van der Waals surface area (Å²) in [5.41, 5.74) is 2.35. The second kappa shape index (κ2) is 4.78. The van der Waals surface area contributed by atoms with E-state index in [-0.39, 0.29) is 6.10 Å². The van der Waals surface area contributed by atoms with Crippen molar-refractivity contribution in [1.82, 2.24) is 4.98 Å². The van der Waals surface area contributed by atoms with Crippen LogP contribution in [0, 0.1) is 0 Å². The first kappa shape index (κ1) is 11.3. The third-order valence-corrected chi connectivity index (χ3v) is 2.51. The highest BCUT2D eigenvalue weighted by molar-refractivity contribution is 5.30. The standard InChI is InChI=1S/C11H16N2O3/c1-11(2,9-6-8-14-15-9)16-13-10-5-3-4-7-12-10/h3-5,7,9H,6,8H2,1-2H3,(H,12,13). The quantitative estimate of drug-likeness (QED) is 0.625. The Hall–Kier alpha value is -1.17. The molecular formula is C11H16N2O3. The van der Waals surface area contributed by atoms with Gasteiger partial charge in [0, 0.05) is 12.6 Å². The molecule has 1 aliphatic rings. The molecule has 2 heterocycles. The SMILES string of the molecule is CC(C)(ONc1ccccn1)C1CCOO1. The van der Waals surface area contributed by atoms with Crippen molar-refractivity contribution >= 4 is 5.82 Å². The first-order valence-electron chi connectivity index (χ1n) is 5.32. The van der Waals surface area contributed by atoms with Crippen LogP contribution in [0.3, 0.4) is 0 Å². The van der Waals surface area contributed by atoms with Crippen LogP contribution in [0.25, 0.3) is 0 Å². The van der Waals surface area contributed by atoms with Crippen LogP contribution in [0.5, 0.6) is 0 Å². The van der Waals surface area contributed by atoms with E-state index in [1.165, 1.54) is 0 Å². The zero-order valence-electron chi connectivity index (χ0n) is 9.47. The molecular weight excluding hydrogens is 208 g/mol. The Labute approximate surface area is 94.6 Å². The van der Waals surface area contributed by atoms with E-state index in [2.05, 4.69) is 10.5 Å². The number of anilines is 1. The molecule has 0 bridgehead atoms. The topological polar surface area (TPSA) is 52.6 Å². The molecule has 16 heavy (non-hydrogen) atoms. The Morgan fingerprint density at radius 1 is 1.50 bits per heavy atom. The Bertz CT molecular complexity index is 323. The van der Waals surface area contributed by atoms with Gasteiger partial charge in [0.1, 0.15) is 17.5 Å². The number of hydrogen-bond acceptors (Lipinski definition) is 5. The Morgan fingerprint density at radius 3 is 3.00 bits per heavy atom. The number of nitrogens with one attached hydrogen (secondary N) is 1. The van der Waals surface area contributed by atoms with Crippen LogP contribution in [0.1, 0.15) is 20.3 Å². The number of hydrogen-bond donors (Lipinski definition) is 1. The molecule has 1 saturated heterocycles. The molecule has 1 atom stereocenters. The van der Waals surface area contributed by atoms with Crippen LogP contribution in [0.2, 0.25) is 0 Å². The van der Waals surface area contributed by atoms with Crippen molar-refractivity contribution in [3.05, 3.63) is 24.4 Å². The first-order chi connectivity index (χ1) is 7.68. The van der Waals surface area contributed by atoms with Crippen LogP contribution >= 0.6 is 0 Å². The van der Waals surface area contributed by atoms with Crippen LogP contribution in [0.4, 0.5) is 5.82 Å². The van der Waals surface area contributed by atoms with Crippen molar-refractivity contribution in [2.45, 2.75) is 32.0 Å². The largest absolute Gasteiger partial charge is 0.266 e. The van der Waals surface area contributed by atoms with Gasteiger partial charge in [-0.05, 0) is 26.0 Å². The number of aromatic nitrogens is 1. The molecule has 1 aromatic rings. The van der Waals surface area contributed by atoms with E-state index in [1.54, 1.807) is 6.20 Å². The van der Waals surface area contributed by atoms with Gasteiger partial charge in [0.15, 0.2) is 0 Å². The zero-order valence-corrected chi connectivity index (χ0v) is 9.47. The van der Waals surface area contributed by atoms with Crippen molar-refractivity contribution < 1.29 is 14.6 Å². The van der Waals surface area contributed by atoms with Gasteiger partial charge in [-0.25, -0.2) is 20.2 Å². The summed E-state index contributed by atoms with van der Waals surface area (Å²) in [7, 11) is 0. The van der Waals surface area contributed by atoms with Crippen LogP contribution in [-0.2, 0) is 14.6 Å². The first-order valence-corrected chi connectivity index (χ1v) is 5.32. The molecule has 0 saturated carbocycles. The minimum atomic E-state index is -0.464. The second-order valence-corrected chi connectivity index (χ2v) is 4.22. The van der Waals surface area contributed by atoms with Gasteiger partial charge in [-0.3, -0.25) is 4.84 Å². The maximum atomic E-state index is 5.58. The lowest BCUT2D eigenvalue weighted by Crippen LogP contribution is -2.40. The Kier molecular flexibility index (Phi) is 3.38. The lowest BCUT2D eigenvalue weighted by atomic mass is 10.00. The molecule has 1 fully saturated rings. The van der Waals surface area contributed by atoms with E-state index in [1.807, 2.05) is 32.0 Å². The van der Waals surface area contributed by atoms with E-state index < -0.39 is 5.60 Å². The smallest absolute Gasteiger partial charge is 0.149 e. The van der Waals surface area contributed by atoms with Gasteiger partial charge in [-0.2, -0.15) is 0 Å². The molecule has 5 nitrogen and oxygen atoms in total. The fourth-order valence-corrected chi connectivity index (χ4v) is 1.47. The summed E-state index contributed by atoms with van der Waals surface area (Å²) in [6.45, 7) is 4.51. The predicted octanol–water partition coefficient (Wildman–Crippen LogP) is 1.92. The van der Waals surface area contributed by atoms with Crippen LogP contribution in [-0.4, -0.2) is 23.3 Å². The molecule has 0 radical (unpaired) electrons. The average molecular weight is 224 g/mol. The zero-order chi connectivity index (χ0) is 11.4. The van der Waals surface area contributed by atoms with Crippen LogP contribution in [0.15, 0.2) is 24.4 Å². The van der Waals surface area contributed by atoms with Gasteiger partial charge >= 0.3 is 0 Å². The summed E-state index contributed by atoms with van der Waals surface area (Å²) in [5.74, 6) is 0.675. The number of nitrogens with zero attached hydrogens (tertiary/aromatic N) is 1. The average Bonchev–Trinajstić information content (AvgIpc) is 2.82. The van der Waals surface area contributed by atoms with E-state index in [9.17, 15) is 0 Å². The molecule has 0 amide bonds. The van der Waals surface area contributed by atoms with E-state index in [4.69, 9.17) is 14.6 Å². The molecule has 1 N–H and O–H groups in total. The Morgan fingerprint density at radius 2 is 2.38 bits per heavy atom. The number of pyridine rings is 1. The molecule has 1 unspecified atom stereocenters. The second-order valence-electron chi connectivity index (χ2n) is 4.22. The summed E-state index contributed by atoms with van der Waals surface area (Å²) >= 11 is 0.